The van der Waals surface area contributed by atoms with Crippen LogP contribution in [0.5, 0.6) is 0 Å². The highest BCUT2D eigenvalue weighted by Crippen LogP contribution is 2.25. The van der Waals surface area contributed by atoms with E-state index in [0.29, 0.717) is 11.7 Å². The molecule has 4 nitrogen and oxygen atoms in total. The summed E-state index contributed by atoms with van der Waals surface area (Å²) in [4.78, 5) is 20.3. The minimum Gasteiger partial charge on any atom is -0.378 e. The van der Waals surface area contributed by atoms with Crippen molar-refractivity contribution < 1.29 is 4.79 Å². The molecule has 0 spiro atoms. The zero-order chi connectivity index (χ0) is 14.7. The van der Waals surface area contributed by atoms with Crippen LogP contribution in [0.4, 0.5) is 11.4 Å². The smallest absolute Gasteiger partial charge is 0.239 e. The normalized spacial score (nSPS) is 17.4. The molecule has 1 aliphatic heterocycles. The first-order valence-corrected chi connectivity index (χ1v) is 7.75. The molecule has 5 heteroatoms. The number of aliphatic imine (C=N–C) groups is 1. The van der Waals surface area contributed by atoms with Gasteiger partial charge >= 0.3 is 0 Å². The molecule has 2 rings (SSSR count). The molecule has 0 N–H and O–H groups in total. The van der Waals surface area contributed by atoms with E-state index in [1.807, 2.05) is 38.4 Å². The summed E-state index contributed by atoms with van der Waals surface area (Å²) < 4.78 is 0. The Balaban J connectivity index is 2.18. The number of carbonyl (C=O) groups is 1. The second-order valence-electron chi connectivity index (χ2n) is 5.49. The van der Waals surface area contributed by atoms with Gasteiger partial charge in [0.15, 0.2) is 5.17 Å². The van der Waals surface area contributed by atoms with Crippen LogP contribution in [0, 0.1) is 5.92 Å². The Morgan fingerprint density at radius 3 is 2.50 bits per heavy atom. The van der Waals surface area contributed by atoms with E-state index >= 15 is 0 Å². The average Bonchev–Trinajstić information content (AvgIpc) is 2.71. The van der Waals surface area contributed by atoms with Crippen molar-refractivity contribution in [3.05, 3.63) is 24.3 Å². The molecule has 0 radical (unpaired) electrons. The number of carbonyl (C=O) groups excluding carboxylic acids is 1. The summed E-state index contributed by atoms with van der Waals surface area (Å²) in [5, 5.41) is 0.821. The number of nitrogens with zero attached hydrogens (tertiary/aromatic N) is 3. The maximum Gasteiger partial charge on any atom is 0.239 e. The van der Waals surface area contributed by atoms with Crippen molar-refractivity contribution in [3.8, 4) is 0 Å². The van der Waals surface area contributed by atoms with E-state index in [4.69, 9.17) is 0 Å². The van der Waals surface area contributed by atoms with Gasteiger partial charge in [-0.05, 0) is 30.2 Å². The lowest BCUT2D eigenvalue weighted by Crippen LogP contribution is -2.32. The van der Waals surface area contributed by atoms with Crippen LogP contribution in [0.25, 0.3) is 0 Å². The molecule has 0 aliphatic carbocycles. The Kier molecular flexibility index (Phi) is 4.70. The van der Waals surface area contributed by atoms with Gasteiger partial charge in [-0.15, -0.1) is 0 Å². The Morgan fingerprint density at radius 2 is 1.95 bits per heavy atom. The predicted molar refractivity (Wildman–Crippen MR) is 86.9 cm³/mol. The second-order valence-corrected chi connectivity index (χ2v) is 6.43. The van der Waals surface area contributed by atoms with Crippen molar-refractivity contribution in [2.24, 2.45) is 10.9 Å². The zero-order valence-electron chi connectivity index (χ0n) is 12.5. The molecule has 1 heterocycles. The highest BCUT2D eigenvalue weighted by molar-refractivity contribution is 8.15. The second kappa shape index (κ2) is 6.31. The predicted octanol–water partition coefficient (Wildman–Crippen LogP) is 2.97. The molecule has 0 bridgehead atoms. The number of amides is 1. The molecule has 1 aromatic carbocycles. The molecular formula is C15H21N3OS. The van der Waals surface area contributed by atoms with Crippen molar-refractivity contribution in [3.63, 3.8) is 0 Å². The molecule has 20 heavy (non-hydrogen) atoms. The van der Waals surface area contributed by atoms with Crippen molar-refractivity contribution in [2.45, 2.75) is 13.8 Å². The topological polar surface area (TPSA) is 35.9 Å². The van der Waals surface area contributed by atoms with Crippen LogP contribution >= 0.6 is 11.8 Å². The molecule has 0 aromatic heterocycles. The van der Waals surface area contributed by atoms with Gasteiger partial charge < -0.3 is 4.90 Å². The van der Waals surface area contributed by atoms with Gasteiger partial charge in [-0.2, -0.15) is 0 Å². The molecular weight excluding hydrogens is 270 g/mol. The van der Waals surface area contributed by atoms with Crippen LogP contribution in [0.15, 0.2) is 29.3 Å². The monoisotopic (exact) mass is 291 g/mol. The number of hydrogen-bond acceptors (Lipinski definition) is 4. The molecule has 0 unspecified atom stereocenters. The summed E-state index contributed by atoms with van der Waals surface area (Å²) in [7, 11) is 4.02. The molecule has 1 saturated heterocycles. The Bertz CT molecular complexity index is 508. The molecule has 1 aromatic rings. The Labute approximate surface area is 124 Å². The Morgan fingerprint density at radius 1 is 1.30 bits per heavy atom. The van der Waals surface area contributed by atoms with E-state index in [-0.39, 0.29) is 5.91 Å². The molecule has 0 saturated carbocycles. The minimum atomic E-state index is 0.160. The first-order valence-electron chi connectivity index (χ1n) is 6.76. The van der Waals surface area contributed by atoms with Crippen LogP contribution in [0.1, 0.15) is 13.8 Å². The van der Waals surface area contributed by atoms with Crippen molar-refractivity contribution in [1.29, 1.82) is 0 Å². The van der Waals surface area contributed by atoms with Gasteiger partial charge in [0, 0.05) is 26.3 Å². The summed E-state index contributed by atoms with van der Waals surface area (Å²) >= 11 is 1.52. The average molecular weight is 291 g/mol. The third kappa shape index (κ3) is 3.54. The lowest BCUT2D eigenvalue weighted by atomic mass is 10.2. The van der Waals surface area contributed by atoms with E-state index in [1.54, 1.807) is 4.90 Å². The summed E-state index contributed by atoms with van der Waals surface area (Å²) in [6, 6.07) is 8.04. The lowest BCUT2D eigenvalue weighted by molar-refractivity contribution is -0.124. The van der Waals surface area contributed by atoms with E-state index in [1.165, 1.54) is 11.8 Å². The van der Waals surface area contributed by atoms with E-state index in [2.05, 4.69) is 23.7 Å². The van der Waals surface area contributed by atoms with E-state index in [9.17, 15) is 4.79 Å². The fraction of sp³-hybridized carbons (Fsp3) is 0.467. The highest BCUT2D eigenvalue weighted by Gasteiger charge is 2.28. The lowest BCUT2D eigenvalue weighted by Gasteiger charge is -2.18. The quantitative estimate of drug-likeness (QED) is 0.855. The third-order valence-electron chi connectivity index (χ3n) is 3.00. The van der Waals surface area contributed by atoms with Crippen molar-refractivity contribution in [2.75, 3.05) is 31.3 Å². The van der Waals surface area contributed by atoms with Crippen molar-refractivity contribution >= 4 is 34.2 Å². The van der Waals surface area contributed by atoms with Gasteiger partial charge in [0.1, 0.15) is 0 Å². The molecule has 1 aliphatic rings. The summed E-state index contributed by atoms with van der Waals surface area (Å²) in [6.45, 7) is 4.96. The number of rotatable bonds is 4. The maximum atomic E-state index is 11.9. The number of benzene rings is 1. The highest BCUT2D eigenvalue weighted by atomic mass is 32.2. The third-order valence-corrected chi connectivity index (χ3v) is 3.96. The van der Waals surface area contributed by atoms with Crippen LogP contribution in [-0.2, 0) is 4.79 Å². The first kappa shape index (κ1) is 14.9. The number of thioether (sulfide) groups is 1. The number of amidine groups is 1. The van der Waals surface area contributed by atoms with Gasteiger partial charge in [-0.1, -0.05) is 25.6 Å². The largest absolute Gasteiger partial charge is 0.378 e. The van der Waals surface area contributed by atoms with Crippen LogP contribution < -0.4 is 4.90 Å². The molecule has 1 amide bonds. The fourth-order valence-corrected chi connectivity index (χ4v) is 2.87. The zero-order valence-corrected chi connectivity index (χ0v) is 13.3. The van der Waals surface area contributed by atoms with Crippen LogP contribution in [0.3, 0.4) is 0 Å². The number of anilines is 1. The van der Waals surface area contributed by atoms with Gasteiger partial charge in [-0.3, -0.25) is 9.69 Å². The molecule has 108 valence electrons. The van der Waals surface area contributed by atoms with Gasteiger partial charge in [0.05, 0.1) is 11.4 Å². The van der Waals surface area contributed by atoms with Gasteiger partial charge in [-0.25, -0.2) is 4.99 Å². The standard InChI is InChI=1S/C15H21N3OS/c1-11(2)9-18-14(19)10-20-15(18)16-12-5-7-13(8-6-12)17(3)4/h5-8,11H,9-10H2,1-4H3. The summed E-state index contributed by atoms with van der Waals surface area (Å²) in [6.07, 6.45) is 0. The molecule has 0 atom stereocenters. The molecule has 1 fully saturated rings. The minimum absolute atomic E-state index is 0.160. The van der Waals surface area contributed by atoms with E-state index in [0.717, 1.165) is 23.1 Å². The van der Waals surface area contributed by atoms with Crippen LogP contribution in [0.2, 0.25) is 0 Å². The number of hydrogen-bond donors (Lipinski definition) is 0. The maximum absolute atomic E-state index is 11.9. The van der Waals surface area contributed by atoms with Gasteiger partial charge in [0.25, 0.3) is 0 Å². The fourth-order valence-electron chi connectivity index (χ4n) is 1.96. The van der Waals surface area contributed by atoms with Gasteiger partial charge in [0.2, 0.25) is 5.91 Å². The first-order chi connectivity index (χ1) is 9.47. The van der Waals surface area contributed by atoms with Crippen LogP contribution in [-0.4, -0.2) is 42.4 Å². The summed E-state index contributed by atoms with van der Waals surface area (Å²) in [5.74, 6) is 1.10. The SMILES string of the molecule is CC(C)CN1C(=O)CSC1=Nc1ccc(N(C)C)cc1. The van der Waals surface area contributed by atoms with E-state index < -0.39 is 0 Å². The Hall–Kier alpha value is -1.49. The van der Waals surface area contributed by atoms with Crippen molar-refractivity contribution in [1.82, 2.24) is 4.90 Å². The summed E-state index contributed by atoms with van der Waals surface area (Å²) in [5.41, 5.74) is 2.03.